The molecule has 2 unspecified atom stereocenters. The van der Waals surface area contributed by atoms with Crippen LogP contribution in [0.5, 0.6) is 0 Å². The fraction of sp³-hybridized carbons (Fsp3) is 0.571. The molecule has 1 saturated heterocycles. The first-order valence-corrected chi connectivity index (χ1v) is 7.63. The lowest BCUT2D eigenvalue weighted by molar-refractivity contribution is 0.126. The zero-order valence-electron chi connectivity index (χ0n) is 10.7. The topological polar surface area (TPSA) is 29.3 Å². The molecule has 2 N–H and O–H groups in total. The van der Waals surface area contributed by atoms with Gasteiger partial charge in [-0.15, -0.1) is 0 Å². The van der Waals surface area contributed by atoms with Crippen molar-refractivity contribution in [2.45, 2.75) is 19.9 Å². The Morgan fingerprint density at radius 1 is 1.50 bits per heavy atom. The predicted octanol–water partition coefficient (Wildman–Crippen LogP) is 3.52. The van der Waals surface area contributed by atoms with Crippen LogP contribution >= 0.6 is 27.5 Å². The van der Waals surface area contributed by atoms with Crippen molar-refractivity contribution >= 4 is 27.5 Å². The molecule has 1 fully saturated rings. The number of likely N-dealkylation sites (tertiary alicyclic amines) is 1. The van der Waals surface area contributed by atoms with Crippen LogP contribution in [0.2, 0.25) is 5.02 Å². The van der Waals surface area contributed by atoms with Crippen LogP contribution in [0.1, 0.15) is 18.9 Å². The molecule has 0 radical (unpaired) electrons. The van der Waals surface area contributed by atoms with Gasteiger partial charge in [-0.2, -0.15) is 0 Å². The zero-order valence-corrected chi connectivity index (χ0v) is 13.0. The predicted molar refractivity (Wildman–Crippen MR) is 80.8 cm³/mol. The summed E-state index contributed by atoms with van der Waals surface area (Å²) in [6.07, 6.45) is 1.23. The van der Waals surface area contributed by atoms with Gasteiger partial charge in [0.05, 0.1) is 0 Å². The average Bonchev–Trinajstić information content (AvgIpc) is 2.36. The third-order valence-corrected chi connectivity index (χ3v) is 4.76. The van der Waals surface area contributed by atoms with E-state index in [2.05, 4.69) is 33.8 Å². The smallest absolute Gasteiger partial charge is 0.0451 e. The summed E-state index contributed by atoms with van der Waals surface area (Å²) in [5.74, 6) is 1.36. The van der Waals surface area contributed by atoms with E-state index in [0.29, 0.717) is 5.92 Å². The number of nitrogens with two attached hydrogens (primary N) is 1. The molecular weight excluding hydrogens is 312 g/mol. The van der Waals surface area contributed by atoms with Crippen molar-refractivity contribution in [1.29, 1.82) is 0 Å². The molecule has 1 aromatic carbocycles. The highest BCUT2D eigenvalue weighted by Crippen LogP contribution is 2.27. The Morgan fingerprint density at radius 2 is 2.28 bits per heavy atom. The van der Waals surface area contributed by atoms with Crippen LogP contribution in [0.3, 0.4) is 0 Å². The molecule has 2 nitrogen and oxygen atoms in total. The van der Waals surface area contributed by atoms with E-state index in [-0.39, 0.29) is 0 Å². The van der Waals surface area contributed by atoms with Crippen molar-refractivity contribution in [2.24, 2.45) is 17.6 Å². The summed E-state index contributed by atoms with van der Waals surface area (Å²) in [5, 5.41) is 0.848. The molecule has 18 heavy (non-hydrogen) atoms. The molecule has 0 aromatic heterocycles. The first kappa shape index (κ1) is 14.3. The van der Waals surface area contributed by atoms with Crippen molar-refractivity contribution in [3.05, 3.63) is 33.3 Å². The van der Waals surface area contributed by atoms with Crippen LogP contribution < -0.4 is 5.73 Å². The molecule has 2 atom stereocenters. The van der Waals surface area contributed by atoms with E-state index >= 15 is 0 Å². The van der Waals surface area contributed by atoms with E-state index in [0.717, 1.165) is 41.6 Å². The number of hydrogen-bond acceptors (Lipinski definition) is 2. The molecule has 1 aliphatic heterocycles. The SMILES string of the molecule is CC1CCN(Cc2cc(Br)ccc2Cl)CC1CN. The normalized spacial score (nSPS) is 25.3. The summed E-state index contributed by atoms with van der Waals surface area (Å²) in [4.78, 5) is 2.46. The number of nitrogens with zero attached hydrogens (tertiary/aromatic N) is 1. The Balaban J connectivity index is 2.03. The highest BCUT2D eigenvalue weighted by molar-refractivity contribution is 9.10. The van der Waals surface area contributed by atoms with Gasteiger partial charge in [-0.1, -0.05) is 34.5 Å². The highest BCUT2D eigenvalue weighted by Gasteiger charge is 2.25. The van der Waals surface area contributed by atoms with E-state index in [4.69, 9.17) is 17.3 Å². The van der Waals surface area contributed by atoms with Crippen LogP contribution in [-0.2, 0) is 6.54 Å². The molecular formula is C14H20BrClN2. The Labute approximate surface area is 123 Å². The molecule has 2 rings (SSSR count). The Kier molecular flexibility index (Phi) is 5.07. The fourth-order valence-electron chi connectivity index (χ4n) is 2.58. The number of hydrogen-bond donors (Lipinski definition) is 1. The maximum absolute atomic E-state index is 6.24. The lowest BCUT2D eigenvalue weighted by Crippen LogP contribution is -2.42. The van der Waals surface area contributed by atoms with Gasteiger partial charge in [-0.3, -0.25) is 4.90 Å². The maximum Gasteiger partial charge on any atom is 0.0451 e. The number of piperidine rings is 1. The molecule has 0 amide bonds. The third kappa shape index (κ3) is 3.47. The lowest BCUT2D eigenvalue weighted by Gasteiger charge is -2.36. The number of halogens is 2. The molecule has 1 aromatic rings. The van der Waals surface area contributed by atoms with Crippen molar-refractivity contribution < 1.29 is 0 Å². The van der Waals surface area contributed by atoms with Crippen LogP contribution in [0.4, 0.5) is 0 Å². The Hall–Kier alpha value is -0.0900. The second kappa shape index (κ2) is 6.38. The van der Waals surface area contributed by atoms with Gasteiger partial charge >= 0.3 is 0 Å². The highest BCUT2D eigenvalue weighted by atomic mass is 79.9. The van der Waals surface area contributed by atoms with Gasteiger partial charge in [0, 0.05) is 22.6 Å². The molecule has 0 saturated carbocycles. The van der Waals surface area contributed by atoms with E-state index in [1.165, 1.54) is 12.0 Å². The average molecular weight is 332 g/mol. The van der Waals surface area contributed by atoms with Crippen LogP contribution in [0.25, 0.3) is 0 Å². The monoisotopic (exact) mass is 330 g/mol. The van der Waals surface area contributed by atoms with E-state index in [1.54, 1.807) is 0 Å². The maximum atomic E-state index is 6.24. The van der Waals surface area contributed by atoms with Crippen LogP contribution in [0.15, 0.2) is 22.7 Å². The molecule has 1 aliphatic rings. The summed E-state index contributed by atoms with van der Waals surface area (Å²) in [5.41, 5.74) is 7.03. The zero-order chi connectivity index (χ0) is 13.1. The summed E-state index contributed by atoms with van der Waals surface area (Å²) in [6.45, 7) is 6.23. The summed E-state index contributed by atoms with van der Waals surface area (Å²) >= 11 is 9.74. The van der Waals surface area contributed by atoms with Gasteiger partial charge in [0.1, 0.15) is 0 Å². The molecule has 0 aliphatic carbocycles. The third-order valence-electron chi connectivity index (χ3n) is 3.90. The number of rotatable bonds is 3. The molecule has 4 heteroatoms. The van der Waals surface area contributed by atoms with Gasteiger partial charge in [0.25, 0.3) is 0 Å². The van der Waals surface area contributed by atoms with E-state index < -0.39 is 0 Å². The summed E-state index contributed by atoms with van der Waals surface area (Å²) in [6, 6.07) is 6.04. The van der Waals surface area contributed by atoms with Gasteiger partial charge in [0.15, 0.2) is 0 Å². The van der Waals surface area contributed by atoms with Crippen LogP contribution in [0, 0.1) is 11.8 Å². The first-order valence-electron chi connectivity index (χ1n) is 6.46. The minimum absolute atomic E-state index is 0.615. The van der Waals surface area contributed by atoms with Crippen molar-refractivity contribution in [1.82, 2.24) is 4.90 Å². The van der Waals surface area contributed by atoms with Gasteiger partial charge in [-0.25, -0.2) is 0 Å². The minimum atomic E-state index is 0.615. The summed E-state index contributed by atoms with van der Waals surface area (Å²) in [7, 11) is 0. The summed E-state index contributed by atoms with van der Waals surface area (Å²) < 4.78 is 1.09. The molecule has 0 spiro atoms. The van der Waals surface area contributed by atoms with Crippen molar-refractivity contribution in [3.63, 3.8) is 0 Å². The minimum Gasteiger partial charge on any atom is -0.330 e. The Morgan fingerprint density at radius 3 is 3.00 bits per heavy atom. The second-order valence-corrected chi connectivity index (χ2v) is 6.56. The molecule has 100 valence electrons. The second-order valence-electron chi connectivity index (χ2n) is 5.23. The van der Waals surface area contributed by atoms with Crippen molar-refractivity contribution in [2.75, 3.05) is 19.6 Å². The standard InChI is InChI=1S/C14H20BrClN2/c1-10-4-5-18(9-12(10)7-17)8-11-6-13(15)2-3-14(11)16/h2-3,6,10,12H,4-5,7-9,17H2,1H3. The lowest BCUT2D eigenvalue weighted by atomic mass is 9.87. The largest absolute Gasteiger partial charge is 0.330 e. The Bertz CT molecular complexity index is 411. The fourth-order valence-corrected chi connectivity index (χ4v) is 3.17. The van der Waals surface area contributed by atoms with Gasteiger partial charge < -0.3 is 5.73 Å². The number of benzene rings is 1. The van der Waals surface area contributed by atoms with E-state index in [1.807, 2.05) is 12.1 Å². The van der Waals surface area contributed by atoms with Gasteiger partial charge in [-0.05, 0) is 55.1 Å². The first-order chi connectivity index (χ1) is 8.60. The molecule has 0 bridgehead atoms. The van der Waals surface area contributed by atoms with Gasteiger partial charge in [0.2, 0.25) is 0 Å². The van der Waals surface area contributed by atoms with Crippen molar-refractivity contribution in [3.8, 4) is 0 Å². The molecule has 1 heterocycles. The van der Waals surface area contributed by atoms with E-state index in [9.17, 15) is 0 Å². The van der Waals surface area contributed by atoms with Crippen LogP contribution in [-0.4, -0.2) is 24.5 Å². The quantitative estimate of drug-likeness (QED) is 0.918.